The molecule has 8 nitrogen and oxygen atoms in total. The zero-order chi connectivity index (χ0) is 22.1. The third kappa shape index (κ3) is 3.50. The van der Waals surface area contributed by atoms with Crippen LogP contribution in [-0.4, -0.2) is 35.3 Å². The average molecular weight is 438 g/mol. The van der Waals surface area contributed by atoms with Crippen molar-refractivity contribution in [3.05, 3.63) is 70.0 Å². The molecule has 31 heavy (non-hydrogen) atoms. The number of ether oxygens (including phenoxy) is 1. The molecule has 0 aliphatic carbocycles. The zero-order valence-electron chi connectivity index (χ0n) is 17.3. The fourth-order valence-corrected chi connectivity index (χ4v) is 4.08. The van der Waals surface area contributed by atoms with Gasteiger partial charge in [0.1, 0.15) is 0 Å². The largest absolute Gasteiger partial charge is 0.465 e. The van der Waals surface area contributed by atoms with Gasteiger partial charge in [-0.1, -0.05) is 30.8 Å². The van der Waals surface area contributed by atoms with E-state index >= 15 is 0 Å². The number of carbonyl (C=O) groups excluding carboxylic acids is 2. The van der Waals surface area contributed by atoms with Crippen LogP contribution in [0.4, 0.5) is 5.69 Å². The maximum absolute atomic E-state index is 13.1. The molecule has 0 unspecified atom stereocenters. The van der Waals surface area contributed by atoms with E-state index in [9.17, 15) is 14.4 Å². The summed E-state index contributed by atoms with van der Waals surface area (Å²) >= 11 is 1.31. The molecule has 1 aliphatic rings. The van der Waals surface area contributed by atoms with E-state index in [1.165, 1.54) is 18.9 Å². The van der Waals surface area contributed by atoms with Gasteiger partial charge in [0.05, 0.1) is 23.9 Å². The Bertz CT molecular complexity index is 1220. The Morgan fingerprint density at radius 2 is 1.90 bits per heavy atom. The standard InChI is InChI=1S/C22H20N4O4S/c1-4-17(27)25-16-8-6-5-7-15(16)18-19(28)23-22(31-3)24-26(18)20(25)13-9-11-14(12-10-13)21(29)30-2/h5-12,20H,4H2,1-3H3/p+1/t20-/m1/s1. The van der Waals surface area contributed by atoms with Gasteiger partial charge in [0, 0.05) is 17.1 Å². The molecule has 158 valence electrons. The number of H-pyrrole nitrogens is 1. The molecule has 1 amide bonds. The van der Waals surface area contributed by atoms with Gasteiger partial charge in [-0.25, -0.2) is 9.69 Å². The number of para-hydroxylation sites is 1. The van der Waals surface area contributed by atoms with E-state index in [4.69, 9.17) is 4.74 Å². The normalized spacial score (nSPS) is 14.5. The first kappa shape index (κ1) is 20.8. The quantitative estimate of drug-likeness (QED) is 0.383. The molecular weight excluding hydrogens is 416 g/mol. The predicted molar refractivity (Wildman–Crippen MR) is 116 cm³/mol. The van der Waals surface area contributed by atoms with Gasteiger partial charge in [-0.15, -0.1) is 0 Å². The molecule has 0 spiro atoms. The van der Waals surface area contributed by atoms with Gasteiger partial charge in [0.2, 0.25) is 11.1 Å². The summed E-state index contributed by atoms with van der Waals surface area (Å²) in [7, 11) is 1.32. The summed E-state index contributed by atoms with van der Waals surface area (Å²) in [5.41, 5.74) is 2.46. The number of aromatic nitrogens is 3. The molecule has 1 N–H and O–H groups in total. The molecule has 0 saturated heterocycles. The molecule has 1 aromatic heterocycles. The fourth-order valence-electron chi connectivity index (χ4n) is 3.71. The average Bonchev–Trinajstić information content (AvgIpc) is 2.81. The molecular formula is C22H21N4O4S+. The monoisotopic (exact) mass is 437 g/mol. The molecule has 9 heteroatoms. The second-order valence-electron chi connectivity index (χ2n) is 6.88. The molecule has 2 heterocycles. The number of nitrogens with zero attached hydrogens (tertiary/aromatic N) is 3. The number of amides is 1. The summed E-state index contributed by atoms with van der Waals surface area (Å²) in [5, 5.41) is 5.07. The van der Waals surface area contributed by atoms with Gasteiger partial charge in [-0.3, -0.25) is 14.6 Å². The van der Waals surface area contributed by atoms with Crippen LogP contribution >= 0.6 is 11.8 Å². The summed E-state index contributed by atoms with van der Waals surface area (Å²) in [5.74, 6) is -0.560. The lowest BCUT2D eigenvalue weighted by Gasteiger charge is -2.32. The highest BCUT2D eigenvalue weighted by Gasteiger charge is 2.45. The van der Waals surface area contributed by atoms with Gasteiger partial charge in [0.25, 0.3) is 6.17 Å². The van der Waals surface area contributed by atoms with Crippen LogP contribution in [0.15, 0.2) is 58.5 Å². The van der Waals surface area contributed by atoms with E-state index in [0.29, 0.717) is 33.2 Å². The van der Waals surface area contributed by atoms with Crippen LogP contribution in [0.2, 0.25) is 0 Å². The first-order valence-corrected chi connectivity index (χ1v) is 10.9. The van der Waals surface area contributed by atoms with Crippen molar-refractivity contribution < 1.29 is 19.0 Å². The van der Waals surface area contributed by atoms with Crippen molar-refractivity contribution in [1.82, 2.24) is 10.1 Å². The highest BCUT2D eigenvalue weighted by atomic mass is 32.2. The second-order valence-corrected chi connectivity index (χ2v) is 7.67. The summed E-state index contributed by atoms with van der Waals surface area (Å²) in [6, 6.07) is 14.1. The summed E-state index contributed by atoms with van der Waals surface area (Å²) in [6.45, 7) is 1.79. The number of carbonyl (C=O) groups is 2. The van der Waals surface area contributed by atoms with Crippen molar-refractivity contribution in [2.24, 2.45) is 0 Å². The number of hydrogen-bond acceptors (Lipinski definition) is 6. The number of nitrogens with one attached hydrogen (secondary N) is 1. The lowest BCUT2D eigenvalue weighted by atomic mass is 10.0. The number of anilines is 1. The van der Waals surface area contributed by atoms with Gasteiger partial charge >= 0.3 is 17.2 Å². The van der Waals surface area contributed by atoms with E-state index in [2.05, 4.69) is 10.1 Å². The van der Waals surface area contributed by atoms with E-state index in [-0.39, 0.29) is 17.9 Å². The Balaban J connectivity index is 2.00. The van der Waals surface area contributed by atoms with Gasteiger partial charge in [0.15, 0.2) is 0 Å². The number of rotatable bonds is 4. The number of methoxy groups -OCH3 is 1. The van der Waals surface area contributed by atoms with Crippen molar-refractivity contribution in [1.29, 1.82) is 0 Å². The smallest absolute Gasteiger partial charge is 0.337 e. The molecule has 3 aromatic rings. The minimum atomic E-state index is -0.683. The van der Waals surface area contributed by atoms with Crippen molar-refractivity contribution in [3.8, 4) is 11.3 Å². The molecule has 2 aromatic carbocycles. The molecule has 4 rings (SSSR count). The Labute approximate surface area is 182 Å². The molecule has 0 radical (unpaired) electrons. The second kappa shape index (κ2) is 8.35. The molecule has 0 fully saturated rings. The molecule has 0 saturated carbocycles. The maximum atomic E-state index is 13.1. The van der Waals surface area contributed by atoms with Crippen LogP contribution in [0.25, 0.3) is 11.3 Å². The lowest BCUT2D eigenvalue weighted by Crippen LogP contribution is -2.60. The fraction of sp³-hybridized carbons (Fsp3) is 0.227. The highest BCUT2D eigenvalue weighted by Crippen LogP contribution is 2.37. The number of esters is 1. The van der Waals surface area contributed by atoms with E-state index in [0.717, 1.165) is 0 Å². The minimum absolute atomic E-state index is 0.111. The van der Waals surface area contributed by atoms with Crippen LogP contribution < -0.4 is 15.1 Å². The van der Waals surface area contributed by atoms with Gasteiger partial charge in [-0.05, 0) is 47.3 Å². The number of benzene rings is 2. The predicted octanol–water partition coefficient (Wildman–Crippen LogP) is 2.54. The number of thioether (sulfide) groups is 1. The Hall–Kier alpha value is -3.46. The van der Waals surface area contributed by atoms with Crippen molar-refractivity contribution in [2.45, 2.75) is 24.7 Å². The maximum Gasteiger partial charge on any atom is 0.337 e. The number of hydrogen-bond donors (Lipinski definition) is 1. The van der Waals surface area contributed by atoms with Crippen LogP contribution in [-0.2, 0) is 9.53 Å². The van der Waals surface area contributed by atoms with E-state index in [1.807, 2.05) is 30.5 Å². The first-order chi connectivity index (χ1) is 15.0. The van der Waals surface area contributed by atoms with Gasteiger partial charge < -0.3 is 4.74 Å². The van der Waals surface area contributed by atoms with Crippen molar-refractivity contribution >= 4 is 29.3 Å². The first-order valence-electron chi connectivity index (χ1n) is 9.70. The Kier molecular flexibility index (Phi) is 5.60. The van der Waals surface area contributed by atoms with Crippen molar-refractivity contribution in [2.75, 3.05) is 18.3 Å². The van der Waals surface area contributed by atoms with E-state index < -0.39 is 12.1 Å². The van der Waals surface area contributed by atoms with E-state index in [1.54, 1.807) is 40.8 Å². The lowest BCUT2D eigenvalue weighted by molar-refractivity contribution is -0.763. The zero-order valence-corrected chi connectivity index (χ0v) is 18.1. The Morgan fingerprint density at radius 3 is 2.55 bits per heavy atom. The summed E-state index contributed by atoms with van der Waals surface area (Å²) in [6.07, 6.45) is 1.41. The molecule has 1 aliphatic heterocycles. The SMILES string of the molecule is CCC(=O)N1c2ccccc2-c2c(=O)[nH]c(SC)n[n+]2[C@@H]1c1ccc(C(=O)OC)cc1. The van der Waals surface area contributed by atoms with Gasteiger partial charge in [-0.2, -0.15) is 0 Å². The number of fused-ring (bicyclic) bond motifs is 3. The van der Waals surface area contributed by atoms with Crippen molar-refractivity contribution in [3.63, 3.8) is 0 Å². The molecule has 0 bridgehead atoms. The summed E-state index contributed by atoms with van der Waals surface area (Å²) < 4.78 is 6.37. The van der Waals surface area contributed by atoms with Crippen LogP contribution in [0, 0.1) is 0 Å². The minimum Gasteiger partial charge on any atom is -0.465 e. The molecule has 1 atom stereocenters. The highest BCUT2D eigenvalue weighted by molar-refractivity contribution is 7.98. The number of aromatic amines is 1. The topological polar surface area (TPSA) is 96.2 Å². The van der Waals surface area contributed by atoms with Crippen LogP contribution in [0.5, 0.6) is 0 Å². The van der Waals surface area contributed by atoms with Crippen LogP contribution in [0.3, 0.4) is 0 Å². The Morgan fingerprint density at radius 1 is 1.19 bits per heavy atom. The van der Waals surface area contributed by atoms with Crippen LogP contribution in [0.1, 0.15) is 35.4 Å². The third-order valence-electron chi connectivity index (χ3n) is 5.15. The third-order valence-corrected chi connectivity index (χ3v) is 5.72. The summed E-state index contributed by atoms with van der Waals surface area (Å²) in [4.78, 5) is 42.4.